The molecule has 0 aromatic rings. The topological polar surface area (TPSA) is 23.8 Å². The van der Waals surface area contributed by atoms with Gasteiger partial charge in [0.1, 0.15) is 0 Å². The lowest BCUT2D eigenvalue weighted by Crippen LogP contribution is -2.23. The fourth-order valence-electron chi connectivity index (χ4n) is 4.81. The minimum Gasteiger partial charge on any atom is -0.198 e. The number of hydrogen-bond acceptors (Lipinski definition) is 1. The van der Waals surface area contributed by atoms with Crippen LogP contribution in [0.3, 0.4) is 0 Å². The Morgan fingerprint density at radius 2 is 1.73 bits per heavy atom. The van der Waals surface area contributed by atoms with Gasteiger partial charge in [0.2, 0.25) is 0 Å². The van der Waals surface area contributed by atoms with Gasteiger partial charge in [-0.1, -0.05) is 13.8 Å². The van der Waals surface area contributed by atoms with Crippen molar-refractivity contribution in [3.8, 4) is 6.07 Å². The largest absolute Gasteiger partial charge is 0.198 e. The van der Waals surface area contributed by atoms with Gasteiger partial charge in [-0.2, -0.15) is 5.26 Å². The number of fused-ring (bicyclic) bond motifs is 5. The summed E-state index contributed by atoms with van der Waals surface area (Å²) in [6.45, 7) is 4.74. The minimum absolute atomic E-state index is 0.419. The maximum absolute atomic E-state index is 9.13. The van der Waals surface area contributed by atoms with Crippen LogP contribution in [0.25, 0.3) is 0 Å². The maximum Gasteiger partial charge on any atom is 0.0658 e. The molecule has 3 saturated carbocycles. The van der Waals surface area contributed by atoms with Crippen molar-refractivity contribution in [1.82, 2.24) is 0 Å². The molecule has 3 rings (SSSR count). The fraction of sp³-hybridized carbons (Fsp3) is 0.929. The molecule has 0 saturated heterocycles. The molecule has 0 aromatic carbocycles. The van der Waals surface area contributed by atoms with E-state index in [-0.39, 0.29) is 0 Å². The summed E-state index contributed by atoms with van der Waals surface area (Å²) in [5.74, 6) is 5.88. The second kappa shape index (κ2) is 3.24. The van der Waals surface area contributed by atoms with Gasteiger partial charge in [0, 0.05) is 5.92 Å². The van der Waals surface area contributed by atoms with Gasteiger partial charge in [-0.05, 0) is 61.2 Å². The fourth-order valence-corrected chi connectivity index (χ4v) is 4.81. The molecule has 0 heterocycles. The van der Waals surface area contributed by atoms with E-state index in [2.05, 4.69) is 19.9 Å². The van der Waals surface area contributed by atoms with Crippen LogP contribution in [0.4, 0.5) is 0 Å². The molecule has 15 heavy (non-hydrogen) atoms. The molecule has 1 nitrogen and oxygen atoms in total. The van der Waals surface area contributed by atoms with Crippen molar-refractivity contribution in [2.45, 2.75) is 39.5 Å². The lowest BCUT2D eigenvalue weighted by molar-refractivity contribution is 0.222. The zero-order valence-electron chi connectivity index (χ0n) is 9.82. The summed E-state index contributed by atoms with van der Waals surface area (Å²) < 4.78 is 0. The molecule has 3 fully saturated rings. The predicted molar refractivity (Wildman–Crippen MR) is 59.9 cm³/mol. The first kappa shape index (κ1) is 9.70. The highest BCUT2D eigenvalue weighted by molar-refractivity contribution is 5.09. The summed E-state index contributed by atoms with van der Waals surface area (Å²) in [5.41, 5.74) is 0. The van der Waals surface area contributed by atoms with Crippen LogP contribution in [0, 0.1) is 52.8 Å². The average molecular weight is 203 g/mol. The van der Waals surface area contributed by atoms with E-state index in [0.29, 0.717) is 5.92 Å². The lowest BCUT2D eigenvalue weighted by atomic mass is 9.76. The minimum atomic E-state index is 0.419. The molecule has 0 spiro atoms. The van der Waals surface area contributed by atoms with E-state index in [1.165, 1.54) is 25.7 Å². The molecule has 82 valence electrons. The highest BCUT2D eigenvalue weighted by Gasteiger charge is 2.56. The first-order chi connectivity index (χ1) is 7.20. The van der Waals surface area contributed by atoms with E-state index in [1.54, 1.807) is 0 Å². The Balaban J connectivity index is 1.77. The monoisotopic (exact) mass is 203 g/mol. The van der Waals surface area contributed by atoms with Crippen molar-refractivity contribution in [2.75, 3.05) is 0 Å². The van der Waals surface area contributed by atoms with E-state index < -0.39 is 0 Å². The number of hydrogen-bond donors (Lipinski definition) is 0. The third-order valence-corrected chi connectivity index (χ3v) is 5.61. The standard InChI is InChI=1S/C14H21N/c1-8(2)9-4-12-10-3-11(7-15)13(6-10)14(12)5-9/h8-14H,3-6H2,1-2H3. The summed E-state index contributed by atoms with van der Waals surface area (Å²) in [6, 6.07) is 2.55. The average Bonchev–Trinajstić information content (AvgIpc) is 2.87. The van der Waals surface area contributed by atoms with Crippen LogP contribution in [0.5, 0.6) is 0 Å². The van der Waals surface area contributed by atoms with Gasteiger partial charge in [-0.15, -0.1) is 0 Å². The Labute approximate surface area is 92.9 Å². The normalized spacial score (nSPS) is 52.1. The quantitative estimate of drug-likeness (QED) is 0.640. The molecule has 6 atom stereocenters. The van der Waals surface area contributed by atoms with Crippen molar-refractivity contribution in [2.24, 2.45) is 41.4 Å². The molecule has 0 radical (unpaired) electrons. The number of nitrogens with zero attached hydrogens (tertiary/aromatic N) is 1. The Hall–Kier alpha value is -0.510. The van der Waals surface area contributed by atoms with Gasteiger partial charge in [0.05, 0.1) is 6.07 Å². The van der Waals surface area contributed by atoms with Crippen molar-refractivity contribution >= 4 is 0 Å². The van der Waals surface area contributed by atoms with E-state index in [0.717, 1.165) is 35.5 Å². The first-order valence-electron chi connectivity index (χ1n) is 6.60. The zero-order valence-corrected chi connectivity index (χ0v) is 9.82. The SMILES string of the molecule is CC(C)C1CC2C3CC(C#N)C(C3)C2C1. The lowest BCUT2D eigenvalue weighted by Gasteiger charge is -2.27. The second-order valence-electron chi connectivity index (χ2n) is 6.43. The first-order valence-corrected chi connectivity index (χ1v) is 6.60. The van der Waals surface area contributed by atoms with Crippen molar-refractivity contribution in [1.29, 1.82) is 5.26 Å². The molecule has 3 aliphatic carbocycles. The van der Waals surface area contributed by atoms with Gasteiger partial charge in [0.25, 0.3) is 0 Å². The van der Waals surface area contributed by atoms with Crippen molar-refractivity contribution < 1.29 is 0 Å². The van der Waals surface area contributed by atoms with Gasteiger partial charge in [0.15, 0.2) is 0 Å². The van der Waals surface area contributed by atoms with Crippen LogP contribution < -0.4 is 0 Å². The third kappa shape index (κ3) is 1.27. The van der Waals surface area contributed by atoms with Gasteiger partial charge >= 0.3 is 0 Å². The zero-order chi connectivity index (χ0) is 10.6. The van der Waals surface area contributed by atoms with Gasteiger partial charge < -0.3 is 0 Å². The highest BCUT2D eigenvalue weighted by Crippen LogP contribution is 2.62. The molecule has 0 amide bonds. The van der Waals surface area contributed by atoms with Crippen LogP contribution in [0.15, 0.2) is 0 Å². The molecule has 0 aromatic heterocycles. The molecular formula is C14H21N. The predicted octanol–water partition coefficient (Wildman–Crippen LogP) is 3.46. The summed E-state index contributed by atoms with van der Waals surface area (Å²) in [7, 11) is 0. The molecule has 0 aliphatic heterocycles. The van der Waals surface area contributed by atoms with Crippen molar-refractivity contribution in [3.63, 3.8) is 0 Å². The van der Waals surface area contributed by atoms with Crippen LogP contribution in [0.1, 0.15) is 39.5 Å². The second-order valence-corrected chi connectivity index (χ2v) is 6.43. The Kier molecular flexibility index (Phi) is 2.09. The molecule has 2 bridgehead atoms. The number of rotatable bonds is 1. The maximum atomic E-state index is 9.13. The summed E-state index contributed by atoms with van der Waals surface area (Å²) >= 11 is 0. The number of nitriles is 1. The molecular weight excluding hydrogens is 182 g/mol. The molecule has 1 heteroatoms. The van der Waals surface area contributed by atoms with Gasteiger partial charge in [-0.25, -0.2) is 0 Å². The van der Waals surface area contributed by atoms with Crippen LogP contribution in [-0.2, 0) is 0 Å². The third-order valence-electron chi connectivity index (χ3n) is 5.61. The smallest absolute Gasteiger partial charge is 0.0658 e. The Morgan fingerprint density at radius 1 is 1.00 bits per heavy atom. The van der Waals surface area contributed by atoms with E-state index in [9.17, 15) is 0 Å². The van der Waals surface area contributed by atoms with Crippen LogP contribution in [0.2, 0.25) is 0 Å². The van der Waals surface area contributed by atoms with Gasteiger partial charge in [-0.3, -0.25) is 0 Å². The Morgan fingerprint density at radius 3 is 2.40 bits per heavy atom. The Bertz CT molecular complexity index is 301. The summed E-state index contributed by atoms with van der Waals surface area (Å²) in [5, 5.41) is 9.13. The van der Waals surface area contributed by atoms with E-state index in [4.69, 9.17) is 5.26 Å². The highest BCUT2D eigenvalue weighted by atomic mass is 14.6. The van der Waals surface area contributed by atoms with Crippen LogP contribution in [-0.4, -0.2) is 0 Å². The summed E-state index contributed by atoms with van der Waals surface area (Å²) in [4.78, 5) is 0. The summed E-state index contributed by atoms with van der Waals surface area (Å²) in [6.07, 6.45) is 5.52. The van der Waals surface area contributed by atoms with Crippen LogP contribution >= 0.6 is 0 Å². The molecule has 3 aliphatic rings. The van der Waals surface area contributed by atoms with E-state index >= 15 is 0 Å². The molecule has 6 unspecified atom stereocenters. The molecule has 0 N–H and O–H groups in total. The van der Waals surface area contributed by atoms with Crippen molar-refractivity contribution in [3.05, 3.63) is 0 Å². The van der Waals surface area contributed by atoms with E-state index in [1.807, 2.05) is 0 Å².